The molecule has 1 N–H and O–H groups in total. The first-order valence-electron chi connectivity index (χ1n) is 6.69. The van der Waals surface area contributed by atoms with Gasteiger partial charge in [-0.15, -0.1) is 0 Å². The van der Waals surface area contributed by atoms with Crippen molar-refractivity contribution >= 4 is 11.6 Å². The standard InChI is InChI=1S/C15H24N2O3/c1-10(2)8-15(4,20-6)14(18)17-12-7-11(3)13(19-5)16-9-12/h7,9-10H,8H2,1-6H3,(H,17,18)/t15-/m1/s1. The zero-order valence-corrected chi connectivity index (χ0v) is 13.1. The minimum atomic E-state index is -0.845. The van der Waals surface area contributed by atoms with Crippen molar-refractivity contribution in [2.75, 3.05) is 19.5 Å². The number of carbonyl (C=O) groups excluding carboxylic acids is 1. The van der Waals surface area contributed by atoms with Crippen molar-refractivity contribution in [2.45, 2.75) is 39.7 Å². The lowest BCUT2D eigenvalue weighted by Gasteiger charge is -2.28. The van der Waals surface area contributed by atoms with Crippen molar-refractivity contribution in [3.8, 4) is 5.88 Å². The molecule has 1 amide bonds. The molecule has 0 bridgehead atoms. The molecule has 0 aromatic carbocycles. The Morgan fingerprint density at radius 1 is 1.45 bits per heavy atom. The summed E-state index contributed by atoms with van der Waals surface area (Å²) in [6, 6.07) is 1.83. The lowest BCUT2D eigenvalue weighted by Crippen LogP contribution is -2.43. The summed E-state index contributed by atoms with van der Waals surface area (Å²) >= 11 is 0. The molecule has 0 radical (unpaired) electrons. The number of nitrogens with one attached hydrogen (secondary N) is 1. The number of nitrogens with zero attached hydrogens (tertiary/aromatic N) is 1. The number of anilines is 1. The molecule has 0 saturated heterocycles. The van der Waals surface area contributed by atoms with Crippen molar-refractivity contribution in [3.63, 3.8) is 0 Å². The van der Waals surface area contributed by atoms with E-state index < -0.39 is 5.60 Å². The van der Waals surface area contributed by atoms with E-state index in [0.29, 0.717) is 23.9 Å². The fraction of sp³-hybridized carbons (Fsp3) is 0.600. The quantitative estimate of drug-likeness (QED) is 0.870. The third-order valence-corrected chi connectivity index (χ3v) is 3.21. The van der Waals surface area contributed by atoms with E-state index in [1.165, 1.54) is 0 Å². The number of amides is 1. The number of pyridine rings is 1. The summed E-state index contributed by atoms with van der Waals surface area (Å²) in [6.07, 6.45) is 2.23. The lowest BCUT2D eigenvalue weighted by atomic mass is 9.93. The Kier molecular flexibility index (Phi) is 5.51. The van der Waals surface area contributed by atoms with Gasteiger partial charge in [0.2, 0.25) is 5.88 Å². The zero-order valence-electron chi connectivity index (χ0n) is 13.1. The van der Waals surface area contributed by atoms with Crippen LogP contribution in [-0.4, -0.2) is 30.7 Å². The normalized spacial score (nSPS) is 13.9. The Bertz CT molecular complexity index is 474. The number of aromatic nitrogens is 1. The van der Waals surface area contributed by atoms with Crippen LogP contribution < -0.4 is 10.1 Å². The molecular weight excluding hydrogens is 256 g/mol. The van der Waals surface area contributed by atoms with Gasteiger partial charge in [0.1, 0.15) is 5.60 Å². The minimum Gasteiger partial charge on any atom is -0.481 e. The van der Waals surface area contributed by atoms with Crippen LogP contribution in [0.5, 0.6) is 5.88 Å². The molecule has 0 unspecified atom stereocenters. The first-order valence-corrected chi connectivity index (χ1v) is 6.69. The third kappa shape index (κ3) is 3.93. The maximum Gasteiger partial charge on any atom is 0.256 e. The number of methoxy groups -OCH3 is 2. The van der Waals surface area contributed by atoms with Gasteiger partial charge in [-0.25, -0.2) is 4.98 Å². The molecule has 0 aliphatic heterocycles. The van der Waals surface area contributed by atoms with Gasteiger partial charge in [-0.1, -0.05) is 13.8 Å². The smallest absolute Gasteiger partial charge is 0.256 e. The number of carbonyl (C=O) groups is 1. The lowest BCUT2D eigenvalue weighted by molar-refractivity contribution is -0.137. The average Bonchev–Trinajstić information content (AvgIpc) is 2.38. The second kappa shape index (κ2) is 6.70. The van der Waals surface area contributed by atoms with E-state index in [0.717, 1.165) is 5.56 Å². The predicted molar refractivity (Wildman–Crippen MR) is 79.0 cm³/mol. The van der Waals surface area contributed by atoms with Gasteiger partial charge >= 0.3 is 0 Å². The number of hydrogen-bond acceptors (Lipinski definition) is 4. The maximum absolute atomic E-state index is 12.4. The molecular formula is C15H24N2O3. The van der Waals surface area contributed by atoms with Crippen LogP contribution in [0.3, 0.4) is 0 Å². The molecule has 20 heavy (non-hydrogen) atoms. The van der Waals surface area contributed by atoms with Crippen LogP contribution in [0.2, 0.25) is 0 Å². The van der Waals surface area contributed by atoms with Gasteiger partial charge in [0.15, 0.2) is 0 Å². The molecule has 5 nitrogen and oxygen atoms in total. The topological polar surface area (TPSA) is 60.5 Å². The van der Waals surface area contributed by atoms with Crippen LogP contribution in [0.15, 0.2) is 12.3 Å². The van der Waals surface area contributed by atoms with Gasteiger partial charge in [0.25, 0.3) is 5.91 Å². The van der Waals surface area contributed by atoms with Gasteiger partial charge in [-0.3, -0.25) is 4.79 Å². The zero-order chi connectivity index (χ0) is 15.3. The Morgan fingerprint density at radius 2 is 2.10 bits per heavy atom. The highest BCUT2D eigenvalue weighted by Crippen LogP contribution is 2.24. The Balaban J connectivity index is 2.86. The second-order valence-electron chi connectivity index (χ2n) is 5.54. The molecule has 1 atom stereocenters. The van der Waals surface area contributed by atoms with Crippen molar-refractivity contribution in [1.82, 2.24) is 4.98 Å². The molecule has 1 aromatic rings. The fourth-order valence-electron chi connectivity index (χ4n) is 2.16. The molecule has 0 saturated carbocycles. The van der Waals surface area contributed by atoms with Gasteiger partial charge in [-0.2, -0.15) is 0 Å². The maximum atomic E-state index is 12.4. The molecule has 0 fully saturated rings. The molecule has 1 heterocycles. The van der Waals surface area contributed by atoms with Crippen LogP contribution >= 0.6 is 0 Å². The summed E-state index contributed by atoms with van der Waals surface area (Å²) in [6.45, 7) is 7.80. The van der Waals surface area contributed by atoms with E-state index in [2.05, 4.69) is 24.1 Å². The van der Waals surface area contributed by atoms with Crippen molar-refractivity contribution in [3.05, 3.63) is 17.8 Å². The van der Waals surface area contributed by atoms with E-state index in [1.807, 2.05) is 13.0 Å². The first-order chi connectivity index (χ1) is 9.32. The van der Waals surface area contributed by atoms with E-state index in [4.69, 9.17) is 9.47 Å². The number of aryl methyl sites for hydroxylation is 1. The Labute approximate surface area is 120 Å². The molecule has 5 heteroatoms. The van der Waals surface area contributed by atoms with Crippen LogP contribution in [0, 0.1) is 12.8 Å². The summed E-state index contributed by atoms with van der Waals surface area (Å²) < 4.78 is 10.5. The number of rotatable bonds is 6. The summed E-state index contributed by atoms with van der Waals surface area (Å²) in [4.78, 5) is 16.5. The fourth-order valence-corrected chi connectivity index (χ4v) is 2.16. The Hall–Kier alpha value is -1.62. The van der Waals surface area contributed by atoms with Gasteiger partial charge < -0.3 is 14.8 Å². The number of ether oxygens (including phenoxy) is 2. The van der Waals surface area contributed by atoms with E-state index in [1.54, 1.807) is 27.3 Å². The second-order valence-corrected chi connectivity index (χ2v) is 5.54. The molecule has 1 rings (SSSR count). The van der Waals surface area contributed by atoms with Crippen LogP contribution in [-0.2, 0) is 9.53 Å². The van der Waals surface area contributed by atoms with E-state index in [9.17, 15) is 4.79 Å². The average molecular weight is 280 g/mol. The summed E-state index contributed by atoms with van der Waals surface area (Å²) in [7, 11) is 3.12. The third-order valence-electron chi connectivity index (χ3n) is 3.21. The Morgan fingerprint density at radius 3 is 2.55 bits per heavy atom. The van der Waals surface area contributed by atoms with Gasteiger partial charge in [0.05, 0.1) is 19.0 Å². The first kappa shape index (κ1) is 16.4. The summed E-state index contributed by atoms with van der Waals surface area (Å²) in [5, 5.41) is 2.85. The monoisotopic (exact) mass is 280 g/mol. The van der Waals surface area contributed by atoms with Gasteiger partial charge in [0, 0.05) is 12.7 Å². The van der Waals surface area contributed by atoms with Crippen molar-refractivity contribution in [2.24, 2.45) is 5.92 Å². The highest BCUT2D eigenvalue weighted by atomic mass is 16.5. The molecule has 112 valence electrons. The summed E-state index contributed by atoms with van der Waals surface area (Å²) in [5.74, 6) is 0.751. The van der Waals surface area contributed by atoms with Crippen molar-refractivity contribution < 1.29 is 14.3 Å². The van der Waals surface area contributed by atoms with Crippen LogP contribution in [0.4, 0.5) is 5.69 Å². The largest absolute Gasteiger partial charge is 0.481 e. The predicted octanol–water partition coefficient (Wildman–Crippen LogP) is 2.79. The van der Waals surface area contributed by atoms with Gasteiger partial charge in [-0.05, 0) is 32.3 Å². The highest BCUT2D eigenvalue weighted by Gasteiger charge is 2.33. The molecule has 0 spiro atoms. The minimum absolute atomic E-state index is 0.167. The molecule has 0 aliphatic carbocycles. The highest BCUT2D eigenvalue weighted by molar-refractivity contribution is 5.97. The van der Waals surface area contributed by atoms with E-state index in [-0.39, 0.29) is 5.91 Å². The summed E-state index contributed by atoms with van der Waals surface area (Å²) in [5.41, 5.74) is 0.663. The van der Waals surface area contributed by atoms with Crippen LogP contribution in [0.25, 0.3) is 0 Å². The molecule has 0 aliphatic rings. The van der Waals surface area contributed by atoms with Crippen molar-refractivity contribution in [1.29, 1.82) is 0 Å². The van der Waals surface area contributed by atoms with Crippen LogP contribution in [0.1, 0.15) is 32.8 Å². The van der Waals surface area contributed by atoms with E-state index >= 15 is 0 Å². The SMILES string of the molecule is COc1ncc(NC(=O)[C@@](C)(CC(C)C)OC)cc1C. The number of hydrogen-bond donors (Lipinski definition) is 1. The molecule has 1 aromatic heterocycles.